The average molecular weight is 344 g/mol. The van der Waals surface area contributed by atoms with Crippen LogP contribution in [-0.4, -0.2) is 28.7 Å². The van der Waals surface area contributed by atoms with E-state index in [-0.39, 0.29) is 0 Å². The van der Waals surface area contributed by atoms with E-state index in [0.717, 1.165) is 28.9 Å². The molecule has 4 heteroatoms. The number of hydrogen-bond acceptors (Lipinski definition) is 3. The summed E-state index contributed by atoms with van der Waals surface area (Å²) in [5.41, 5.74) is 2.19. The number of aliphatic hydroxyl groups is 1. The van der Waals surface area contributed by atoms with Gasteiger partial charge in [0.2, 0.25) is 0 Å². The highest BCUT2D eigenvalue weighted by Gasteiger charge is 2.25. The topological polar surface area (TPSA) is 23.5 Å². The van der Waals surface area contributed by atoms with Crippen molar-refractivity contribution in [3.8, 4) is 0 Å². The maximum Gasteiger partial charge on any atom is 0.0782 e. The number of thioether (sulfide) groups is 1. The second kappa shape index (κ2) is 6.06. The van der Waals surface area contributed by atoms with Crippen LogP contribution in [-0.2, 0) is 0 Å². The van der Waals surface area contributed by atoms with Crippen molar-refractivity contribution in [2.75, 3.05) is 23.7 Å². The van der Waals surface area contributed by atoms with Gasteiger partial charge in [-0.3, -0.25) is 0 Å². The monoisotopic (exact) mass is 343 g/mol. The lowest BCUT2D eigenvalue weighted by atomic mass is 10.1. The van der Waals surface area contributed by atoms with Crippen molar-refractivity contribution in [2.24, 2.45) is 0 Å². The van der Waals surface area contributed by atoms with Crippen LogP contribution < -0.4 is 4.90 Å². The molecule has 0 aromatic heterocycles. The zero-order valence-corrected chi connectivity index (χ0v) is 14.2. The molecule has 1 N–H and O–H groups in total. The maximum absolute atomic E-state index is 9.95. The van der Waals surface area contributed by atoms with Crippen LogP contribution in [0.1, 0.15) is 38.9 Å². The molecule has 0 aliphatic carbocycles. The van der Waals surface area contributed by atoms with E-state index in [4.69, 9.17) is 0 Å². The summed E-state index contributed by atoms with van der Waals surface area (Å²) in [7, 11) is 0. The van der Waals surface area contributed by atoms with Crippen LogP contribution in [0.3, 0.4) is 0 Å². The molecule has 0 saturated carbocycles. The first kappa shape index (κ1) is 15.2. The number of halogens is 1. The van der Waals surface area contributed by atoms with Gasteiger partial charge in [-0.15, -0.1) is 0 Å². The molecule has 1 saturated heterocycles. The van der Waals surface area contributed by atoms with E-state index in [9.17, 15) is 5.11 Å². The SMILES string of the molecule is CC(O)c1ccc(Br)cc1N1CCSC(C)(C)CC1. The van der Waals surface area contributed by atoms with Gasteiger partial charge in [0, 0.05) is 39.3 Å². The molecular weight excluding hydrogens is 322 g/mol. The summed E-state index contributed by atoms with van der Waals surface area (Å²) in [6.07, 6.45) is 0.746. The van der Waals surface area contributed by atoms with E-state index in [2.05, 4.69) is 40.7 Å². The minimum atomic E-state index is -0.424. The van der Waals surface area contributed by atoms with Crippen LogP contribution in [0.15, 0.2) is 22.7 Å². The molecule has 1 aliphatic heterocycles. The fourth-order valence-electron chi connectivity index (χ4n) is 2.41. The molecule has 19 heavy (non-hydrogen) atoms. The van der Waals surface area contributed by atoms with E-state index in [1.807, 2.05) is 30.8 Å². The van der Waals surface area contributed by atoms with Gasteiger partial charge in [-0.25, -0.2) is 0 Å². The van der Waals surface area contributed by atoms with E-state index in [0.29, 0.717) is 4.75 Å². The Hall–Kier alpha value is -0.190. The number of hydrogen-bond donors (Lipinski definition) is 1. The Morgan fingerprint density at radius 2 is 2.11 bits per heavy atom. The lowest BCUT2D eigenvalue weighted by Gasteiger charge is -2.27. The Balaban J connectivity index is 2.28. The fourth-order valence-corrected chi connectivity index (χ4v) is 3.85. The van der Waals surface area contributed by atoms with Crippen LogP contribution >= 0.6 is 27.7 Å². The third-order valence-corrected chi connectivity index (χ3v) is 5.49. The number of nitrogens with zero attached hydrogens (tertiary/aromatic N) is 1. The van der Waals surface area contributed by atoms with Crippen LogP contribution in [0.5, 0.6) is 0 Å². The molecule has 2 nitrogen and oxygen atoms in total. The second-order valence-electron chi connectivity index (χ2n) is 5.72. The van der Waals surface area contributed by atoms with Gasteiger partial charge < -0.3 is 10.0 Å². The van der Waals surface area contributed by atoms with Gasteiger partial charge in [-0.2, -0.15) is 11.8 Å². The summed E-state index contributed by atoms with van der Waals surface area (Å²) >= 11 is 5.58. The van der Waals surface area contributed by atoms with Crippen molar-refractivity contribution in [2.45, 2.75) is 38.0 Å². The van der Waals surface area contributed by atoms with Crippen molar-refractivity contribution in [3.63, 3.8) is 0 Å². The number of benzene rings is 1. The normalized spacial score (nSPS) is 21.0. The van der Waals surface area contributed by atoms with Gasteiger partial charge in [0.05, 0.1) is 6.10 Å². The Kier molecular flexibility index (Phi) is 4.85. The molecule has 1 heterocycles. The van der Waals surface area contributed by atoms with E-state index in [1.54, 1.807) is 0 Å². The van der Waals surface area contributed by atoms with Crippen molar-refractivity contribution >= 4 is 33.4 Å². The van der Waals surface area contributed by atoms with E-state index in [1.165, 1.54) is 12.1 Å². The molecule has 0 bridgehead atoms. The molecular formula is C15H22BrNOS. The smallest absolute Gasteiger partial charge is 0.0782 e. The molecule has 1 fully saturated rings. The Labute approximate surface area is 128 Å². The molecule has 0 radical (unpaired) electrons. The Bertz CT molecular complexity index is 448. The van der Waals surface area contributed by atoms with Crippen molar-refractivity contribution < 1.29 is 5.11 Å². The predicted molar refractivity (Wildman–Crippen MR) is 88.1 cm³/mol. The first-order valence-electron chi connectivity index (χ1n) is 6.75. The highest BCUT2D eigenvalue weighted by atomic mass is 79.9. The van der Waals surface area contributed by atoms with Crippen LogP contribution in [0.4, 0.5) is 5.69 Å². The molecule has 106 valence electrons. The van der Waals surface area contributed by atoms with Crippen molar-refractivity contribution in [3.05, 3.63) is 28.2 Å². The van der Waals surface area contributed by atoms with E-state index < -0.39 is 6.10 Å². The summed E-state index contributed by atoms with van der Waals surface area (Å²) in [6.45, 7) is 8.57. The third kappa shape index (κ3) is 3.89. The van der Waals surface area contributed by atoms with Crippen LogP contribution in [0.2, 0.25) is 0 Å². The molecule has 1 unspecified atom stereocenters. The lowest BCUT2D eigenvalue weighted by Crippen LogP contribution is -2.28. The summed E-state index contributed by atoms with van der Waals surface area (Å²) in [5, 5.41) is 9.95. The quantitative estimate of drug-likeness (QED) is 0.869. The maximum atomic E-state index is 9.95. The summed E-state index contributed by atoms with van der Waals surface area (Å²) < 4.78 is 1.43. The summed E-state index contributed by atoms with van der Waals surface area (Å²) in [4.78, 5) is 2.41. The van der Waals surface area contributed by atoms with Gasteiger partial charge in [-0.05, 0) is 25.5 Å². The first-order valence-corrected chi connectivity index (χ1v) is 8.53. The van der Waals surface area contributed by atoms with E-state index >= 15 is 0 Å². The number of rotatable bonds is 2. The molecule has 1 aliphatic rings. The number of aliphatic hydroxyl groups excluding tert-OH is 1. The highest BCUT2D eigenvalue weighted by Crippen LogP contribution is 2.35. The Morgan fingerprint density at radius 1 is 1.37 bits per heavy atom. The molecule has 1 aromatic carbocycles. The zero-order chi connectivity index (χ0) is 14.0. The minimum Gasteiger partial charge on any atom is -0.389 e. The van der Waals surface area contributed by atoms with Crippen molar-refractivity contribution in [1.29, 1.82) is 0 Å². The molecule has 0 spiro atoms. The van der Waals surface area contributed by atoms with Gasteiger partial charge in [0.15, 0.2) is 0 Å². The summed E-state index contributed by atoms with van der Waals surface area (Å²) in [6, 6.07) is 6.15. The second-order valence-corrected chi connectivity index (χ2v) is 8.44. The fraction of sp³-hybridized carbons (Fsp3) is 0.600. The van der Waals surface area contributed by atoms with Crippen LogP contribution in [0.25, 0.3) is 0 Å². The summed E-state index contributed by atoms with van der Waals surface area (Å²) in [5.74, 6) is 1.14. The predicted octanol–water partition coefficient (Wildman–Crippen LogP) is 4.22. The molecule has 1 atom stereocenters. The van der Waals surface area contributed by atoms with Gasteiger partial charge >= 0.3 is 0 Å². The van der Waals surface area contributed by atoms with Gasteiger partial charge in [0.1, 0.15) is 0 Å². The lowest BCUT2D eigenvalue weighted by molar-refractivity contribution is 0.199. The van der Waals surface area contributed by atoms with Gasteiger partial charge in [-0.1, -0.05) is 35.8 Å². The molecule has 1 aromatic rings. The molecule has 0 amide bonds. The van der Waals surface area contributed by atoms with Crippen LogP contribution in [0, 0.1) is 0 Å². The molecule has 2 rings (SSSR count). The van der Waals surface area contributed by atoms with Crippen molar-refractivity contribution in [1.82, 2.24) is 0 Å². The Morgan fingerprint density at radius 3 is 2.79 bits per heavy atom. The first-order chi connectivity index (χ1) is 8.89. The zero-order valence-electron chi connectivity index (χ0n) is 11.8. The third-order valence-electron chi connectivity index (χ3n) is 3.62. The highest BCUT2D eigenvalue weighted by molar-refractivity contribution is 9.10. The number of anilines is 1. The van der Waals surface area contributed by atoms with Gasteiger partial charge in [0.25, 0.3) is 0 Å². The minimum absolute atomic E-state index is 0.353. The largest absolute Gasteiger partial charge is 0.389 e. The standard InChI is InChI=1S/C15H22BrNOS/c1-11(18)13-5-4-12(16)10-14(13)17-7-6-15(2,3)19-9-8-17/h4-5,10-11,18H,6-9H2,1-3H3. The average Bonchev–Trinajstić information content (AvgIpc) is 2.49.